The van der Waals surface area contributed by atoms with Crippen molar-refractivity contribution in [1.29, 1.82) is 0 Å². The Kier molecular flexibility index (Phi) is 5.02. The van der Waals surface area contributed by atoms with Crippen molar-refractivity contribution in [2.75, 3.05) is 13.1 Å². The molecule has 0 amide bonds. The Balaban J connectivity index is 1.27. The molecule has 0 spiro atoms. The van der Waals surface area contributed by atoms with Crippen LogP contribution in [0.5, 0.6) is 0 Å². The minimum absolute atomic E-state index is 0.540. The van der Waals surface area contributed by atoms with E-state index in [1.54, 1.807) is 6.20 Å². The van der Waals surface area contributed by atoms with E-state index in [2.05, 4.69) is 56.6 Å². The van der Waals surface area contributed by atoms with Gasteiger partial charge in [-0.1, -0.05) is 41.9 Å². The third-order valence-electron chi connectivity index (χ3n) is 4.97. The molecule has 4 rings (SSSR count). The Morgan fingerprint density at radius 3 is 2.72 bits per heavy atom. The van der Waals surface area contributed by atoms with Gasteiger partial charge >= 0.3 is 0 Å². The molecule has 25 heavy (non-hydrogen) atoms. The molecule has 3 aromatic rings. The van der Waals surface area contributed by atoms with Crippen LogP contribution in [0, 0.1) is 0 Å². The molecule has 2 N–H and O–H groups in total. The van der Waals surface area contributed by atoms with Crippen LogP contribution in [0.1, 0.15) is 24.1 Å². The number of rotatable bonds is 5. The lowest BCUT2D eigenvalue weighted by Gasteiger charge is -2.32. The highest BCUT2D eigenvalue weighted by Crippen LogP contribution is 2.21. The molecule has 2 aromatic heterocycles. The molecular formula is C20H23ClN4. The van der Waals surface area contributed by atoms with Crippen molar-refractivity contribution in [1.82, 2.24) is 20.2 Å². The maximum atomic E-state index is 6.13. The molecule has 1 aliphatic heterocycles. The third kappa shape index (κ3) is 4.03. The molecule has 0 unspecified atom stereocenters. The van der Waals surface area contributed by atoms with Gasteiger partial charge in [-0.05, 0) is 43.6 Å². The van der Waals surface area contributed by atoms with Crippen LogP contribution in [-0.4, -0.2) is 34.0 Å². The summed E-state index contributed by atoms with van der Waals surface area (Å²) in [5.41, 5.74) is 3.49. The molecule has 3 heterocycles. The highest BCUT2D eigenvalue weighted by molar-refractivity contribution is 6.33. The molecule has 0 aliphatic carbocycles. The summed E-state index contributed by atoms with van der Waals surface area (Å²) >= 11 is 6.13. The lowest BCUT2D eigenvalue weighted by atomic mass is 10.0. The van der Waals surface area contributed by atoms with Crippen LogP contribution in [0.15, 0.2) is 48.7 Å². The van der Waals surface area contributed by atoms with Crippen molar-refractivity contribution >= 4 is 22.5 Å². The number of halogens is 1. The van der Waals surface area contributed by atoms with Gasteiger partial charge in [-0.25, -0.2) is 4.98 Å². The van der Waals surface area contributed by atoms with Crippen LogP contribution in [-0.2, 0) is 13.1 Å². The first-order chi connectivity index (χ1) is 12.3. The fourth-order valence-corrected chi connectivity index (χ4v) is 3.78. The average molecular weight is 355 g/mol. The number of hydrogen-bond acceptors (Lipinski definition) is 3. The van der Waals surface area contributed by atoms with Gasteiger partial charge in [0.05, 0.1) is 5.52 Å². The number of piperidine rings is 1. The van der Waals surface area contributed by atoms with Crippen molar-refractivity contribution in [2.24, 2.45) is 0 Å². The number of H-pyrrole nitrogens is 1. The Morgan fingerprint density at radius 1 is 1.16 bits per heavy atom. The SMILES string of the molecule is Clc1nccc2cc(CNC3CCN(Cc4ccccc4)CC3)[nH]c12. The van der Waals surface area contributed by atoms with Gasteiger partial charge in [-0.15, -0.1) is 0 Å². The maximum Gasteiger partial charge on any atom is 0.153 e. The summed E-state index contributed by atoms with van der Waals surface area (Å²) in [6, 6.07) is 15.4. The van der Waals surface area contributed by atoms with E-state index < -0.39 is 0 Å². The van der Waals surface area contributed by atoms with E-state index in [0.29, 0.717) is 11.2 Å². The van der Waals surface area contributed by atoms with Gasteiger partial charge in [0.25, 0.3) is 0 Å². The number of likely N-dealkylation sites (tertiary alicyclic amines) is 1. The second-order valence-electron chi connectivity index (χ2n) is 6.78. The van der Waals surface area contributed by atoms with E-state index in [0.717, 1.165) is 42.8 Å². The predicted octanol–water partition coefficient (Wildman–Crippen LogP) is 3.97. The third-order valence-corrected chi connectivity index (χ3v) is 5.26. The first kappa shape index (κ1) is 16.6. The molecule has 1 fully saturated rings. The minimum atomic E-state index is 0.540. The topological polar surface area (TPSA) is 44.0 Å². The highest BCUT2D eigenvalue weighted by atomic mass is 35.5. The van der Waals surface area contributed by atoms with Crippen molar-refractivity contribution in [2.45, 2.75) is 32.0 Å². The highest BCUT2D eigenvalue weighted by Gasteiger charge is 2.19. The zero-order chi connectivity index (χ0) is 17.1. The summed E-state index contributed by atoms with van der Waals surface area (Å²) in [5, 5.41) is 5.34. The molecule has 0 atom stereocenters. The van der Waals surface area contributed by atoms with Crippen molar-refractivity contribution in [3.8, 4) is 0 Å². The molecule has 5 heteroatoms. The summed E-state index contributed by atoms with van der Waals surface area (Å²) in [5.74, 6) is 0. The van der Waals surface area contributed by atoms with Gasteiger partial charge in [-0.2, -0.15) is 0 Å². The Labute approximate surface area is 153 Å². The van der Waals surface area contributed by atoms with E-state index in [1.165, 1.54) is 18.4 Å². The minimum Gasteiger partial charge on any atom is -0.355 e. The molecule has 0 saturated carbocycles. The van der Waals surface area contributed by atoms with Crippen LogP contribution in [0.3, 0.4) is 0 Å². The van der Waals surface area contributed by atoms with Gasteiger partial charge in [0.1, 0.15) is 0 Å². The molecule has 130 valence electrons. The number of nitrogens with zero attached hydrogens (tertiary/aromatic N) is 2. The molecule has 1 aromatic carbocycles. The van der Waals surface area contributed by atoms with Crippen molar-refractivity contribution in [3.63, 3.8) is 0 Å². The monoisotopic (exact) mass is 354 g/mol. The zero-order valence-corrected chi connectivity index (χ0v) is 15.0. The molecule has 1 saturated heterocycles. The van der Waals surface area contributed by atoms with E-state index >= 15 is 0 Å². The van der Waals surface area contributed by atoms with Gasteiger partial charge in [0, 0.05) is 36.4 Å². The normalized spacial score (nSPS) is 16.5. The summed E-state index contributed by atoms with van der Waals surface area (Å²) in [6.07, 6.45) is 4.13. The Bertz CT molecular complexity index is 822. The standard InChI is InChI=1S/C20H23ClN4/c21-20-19-16(6-9-22-20)12-18(24-19)13-23-17-7-10-25(11-8-17)14-15-4-2-1-3-5-15/h1-6,9,12,17,23-24H,7-8,10-11,13-14H2. The first-order valence-corrected chi connectivity index (χ1v) is 9.27. The quantitative estimate of drug-likeness (QED) is 0.681. The molecule has 0 radical (unpaired) electrons. The fourth-order valence-electron chi connectivity index (χ4n) is 3.56. The van der Waals surface area contributed by atoms with Crippen molar-refractivity contribution < 1.29 is 0 Å². The van der Waals surface area contributed by atoms with E-state index in [-0.39, 0.29) is 0 Å². The van der Waals surface area contributed by atoms with Crippen molar-refractivity contribution in [3.05, 3.63) is 65.1 Å². The summed E-state index contributed by atoms with van der Waals surface area (Å²) in [7, 11) is 0. The molecule has 0 bridgehead atoms. The average Bonchev–Trinajstić information content (AvgIpc) is 3.07. The number of benzene rings is 1. The van der Waals surface area contributed by atoms with Crippen LogP contribution in [0.2, 0.25) is 5.15 Å². The van der Waals surface area contributed by atoms with Crippen LogP contribution in [0.4, 0.5) is 0 Å². The Hall–Kier alpha value is -1.88. The number of aromatic amines is 1. The summed E-state index contributed by atoms with van der Waals surface area (Å²) in [6.45, 7) is 4.19. The summed E-state index contributed by atoms with van der Waals surface area (Å²) in [4.78, 5) is 10.0. The molecule has 1 aliphatic rings. The van der Waals surface area contributed by atoms with Crippen LogP contribution >= 0.6 is 11.6 Å². The number of nitrogens with one attached hydrogen (secondary N) is 2. The lowest BCUT2D eigenvalue weighted by molar-refractivity contribution is 0.190. The second kappa shape index (κ2) is 7.56. The molecular weight excluding hydrogens is 332 g/mol. The number of pyridine rings is 1. The largest absolute Gasteiger partial charge is 0.355 e. The van der Waals surface area contributed by atoms with Crippen LogP contribution in [0.25, 0.3) is 10.9 Å². The smallest absolute Gasteiger partial charge is 0.153 e. The predicted molar refractivity (Wildman–Crippen MR) is 103 cm³/mol. The molecule has 4 nitrogen and oxygen atoms in total. The van der Waals surface area contributed by atoms with E-state index in [9.17, 15) is 0 Å². The number of aromatic nitrogens is 2. The lowest BCUT2D eigenvalue weighted by Crippen LogP contribution is -2.41. The van der Waals surface area contributed by atoms with Crippen LogP contribution < -0.4 is 5.32 Å². The number of hydrogen-bond donors (Lipinski definition) is 2. The van der Waals surface area contributed by atoms with E-state index in [4.69, 9.17) is 11.6 Å². The Morgan fingerprint density at radius 2 is 1.96 bits per heavy atom. The first-order valence-electron chi connectivity index (χ1n) is 8.90. The zero-order valence-electron chi connectivity index (χ0n) is 14.2. The van der Waals surface area contributed by atoms with Gasteiger partial charge in [-0.3, -0.25) is 4.90 Å². The fraction of sp³-hybridized carbons (Fsp3) is 0.350. The van der Waals surface area contributed by atoms with Gasteiger partial charge in [0.15, 0.2) is 5.15 Å². The van der Waals surface area contributed by atoms with Gasteiger partial charge < -0.3 is 10.3 Å². The number of fused-ring (bicyclic) bond motifs is 1. The van der Waals surface area contributed by atoms with Gasteiger partial charge in [0.2, 0.25) is 0 Å². The maximum absolute atomic E-state index is 6.13. The summed E-state index contributed by atoms with van der Waals surface area (Å²) < 4.78 is 0. The van der Waals surface area contributed by atoms with E-state index in [1.807, 2.05) is 6.07 Å². The second-order valence-corrected chi connectivity index (χ2v) is 7.14.